The third-order valence-electron chi connectivity index (χ3n) is 7.43. The molecule has 0 aliphatic rings. The van der Waals surface area contributed by atoms with Crippen molar-refractivity contribution in [2.24, 2.45) is 0 Å². The minimum atomic E-state index is -1.07. The van der Waals surface area contributed by atoms with Gasteiger partial charge in [-0.15, -0.1) is 11.3 Å². The van der Waals surface area contributed by atoms with Gasteiger partial charge < -0.3 is 15.2 Å². The van der Waals surface area contributed by atoms with Crippen LogP contribution in [0.5, 0.6) is 5.75 Å². The molecule has 1 atom stereocenters. The molecule has 226 valence electrons. The maximum atomic E-state index is 12.8. The number of ether oxygens (including phenoxy) is 1. The van der Waals surface area contributed by atoms with E-state index in [2.05, 4.69) is 33.0 Å². The lowest BCUT2D eigenvalue weighted by molar-refractivity contribution is -0.139. The molecule has 0 radical (unpaired) electrons. The number of hydrogen-bond acceptors (Lipinski definition) is 5. The number of carboxylic acids is 1. The number of benzene rings is 3. The van der Waals surface area contributed by atoms with Gasteiger partial charge in [-0.3, -0.25) is 4.79 Å². The van der Waals surface area contributed by atoms with Crippen molar-refractivity contribution >= 4 is 23.2 Å². The van der Waals surface area contributed by atoms with Gasteiger partial charge in [0.2, 0.25) is 0 Å². The van der Waals surface area contributed by atoms with Crippen molar-refractivity contribution < 1.29 is 19.4 Å². The summed E-state index contributed by atoms with van der Waals surface area (Å²) in [6.07, 6.45) is 6.26. The van der Waals surface area contributed by atoms with Gasteiger partial charge in [0.25, 0.3) is 5.91 Å². The van der Waals surface area contributed by atoms with Crippen LogP contribution in [0.2, 0.25) is 0 Å². The number of amides is 1. The van der Waals surface area contributed by atoms with Gasteiger partial charge in [-0.2, -0.15) is 0 Å². The summed E-state index contributed by atoms with van der Waals surface area (Å²) in [5.41, 5.74) is 5.22. The first-order valence-corrected chi connectivity index (χ1v) is 15.9. The highest BCUT2D eigenvalue weighted by atomic mass is 32.1. The lowest BCUT2D eigenvalue weighted by Crippen LogP contribution is -2.42. The van der Waals surface area contributed by atoms with E-state index in [1.165, 1.54) is 25.7 Å². The molecule has 0 fully saturated rings. The highest BCUT2D eigenvalue weighted by Gasteiger charge is 2.22. The fourth-order valence-corrected chi connectivity index (χ4v) is 5.57. The Morgan fingerprint density at radius 3 is 2.16 bits per heavy atom. The van der Waals surface area contributed by atoms with E-state index < -0.39 is 17.9 Å². The highest BCUT2D eigenvalue weighted by molar-refractivity contribution is 7.13. The molecular weight excluding hydrogens is 556 g/mol. The normalized spacial score (nSPS) is 12.1. The van der Waals surface area contributed by atoms with Crippen molar-refractivity contribution in [3.63, 3.8) is 0 Å². The highest BCUT2D eigenvalue weighted by Crippen LogP contribution is 2.30. The zero-order valence-electron chi connectivity index (χ0n) is 25.6. The molecule has 0 spiro atoms. The van der Waals surface area contributed by atoms with Gasteiger partial charge in [0.15, 0.2) is 0 Å². The molecule has 1 aromatic heterocycles. The van der Waals surface area contributed by atoms with Crippen LogP contribution in [-0.4, -0.2) is 34.6 Å². The molecule has 7 heteroatoms. The Bertz CT molecular complexity index is 1470. The van der Waals surface area contributed by atoms with Crippen molar-refractivity contribution in [3.05, 3.63) is 94.9 Å². The zero-order chi connectivity index (χ0) is 30.8. The number of aliphatic carboxylic acids is 1. The van der Waals surface area contributed by atoms with Crippen molar-refractivity contribution in [1.82, 2.24) is 10.3 Å². The molecule has 4 aromatic rings. The summed E-state index contributed by atoms with van der Waals surface area (Å²) >= 11 is 1.56. The van der Waals surface area contributed by atoms with Crippen LogP contribution in [0.4, 0.5) is 0 Å². The van der Waals surface area contributed by atoms with Gasteiger partial charge in [0.1, 0.15) is 16.8 Å². The molecule has 2 N–H and O–H groups in total. The second kappa shape index (κ2) is 15.0. The number of carboxylic acid groups (broad SMARTS) is 1. The monoisotopic (exact) mass is 598 g/mol. The molecule has 1 amide bonds. The molecule has 0 bridgehead atoms. The molecule has 1 heterocycles. The van der Waals surface area contributed by atoms with Gasteiger partial charge >= 0.3 is 5.97 Å². The number of aromatic nitrogens is 1. The quantitative estimate of drug-likeness (QED) is 0.142. The molecule has 0 aliphatic carbocycles. The Morgan fingerprint density at radius 2 is 1.53 bits per heavy atom. The van der Waals surface area contributed by atoms with Crippen molar-refractivity contribution in [3.8, 4) is 27.6 Å². The Labute approximate surface area is 259 Å². The van der Waals surface area contributed by atoms with Crippen LogP contribution in [-0.2, 0) is 16.6 Å². The maximum absolute atomic E-state index is 12.8. The Morgan fingerprint density at radius 1 is 0.884 bits per heavy atom. The number of nitrogens with one attached hydrogen (secondary N) is 1. The van der Waals surface area contributed by atoms with E-state index in [0.717, 1.165) is 51.7 Å². The molecule has 0 aliphatic heterocycles. The van der Waals surface area contributed by atoms with Crippen LogP contribution in [0.25, 0.3) is 21.8 Å². The number of carbonyl (C=O) groups excluding carboxylic acids is 1. The van der Waals surface area contributed by atoms with E-state index in [-0.39, 0.29) is 11.8 Å². The third-order valence-corrected chi connectivity index (χ3v) is 8.32. The average Bonchev–Trinajstić information content (AvgIpc) is 3.49. The number of rotatable bonds is 14. The predicted octanol–water partition coefficient (Wildman–Crippen LogP) is 8.55. The number of nitrogens with zero attached hydrogens (tertiary/aromatic N) is 1. The Kier molecular flexibility index (Phi) is 11.1. The second-order valence-corrected chi connectivity index (χ2v) is 12.8. The molecule has 0 saturated heterocycles. The van der Waals surface area contributed by atoms with Crippen LogP contribution in [0.15, 0.2) is 78.2 Å². The number of unbranched alkanes of at least 4 members (excludes halogenated alkanes) is 4. The van der Waals surface area contributed by atoms with Crippen LogP contribution < -0.4 is 10.1 Å². The fraction of sp³-hybridized carbons (Fsp3) is 0.361. The van der Waals surface area contributed by atoms with Gasteiger partial charge in [-0.05, 0) is 59.4 Å². The van der Waals surface area contributed by atoms with Gasteiger partial charge in [0, 0.05) is 28.5 Å². The summed E-state index contributed by atoms with van der Waals surface area (Å²) in [5, 5.41) is 15.4. The fourth-order valence-electron chi connectivity index (χ4n) is 4.74. The topological polar surface area (TPSA) is 88.5 Å². The van der Waals surface area contributed by atoms with E-state index in [9.17, 15) is 14.7 Å². The number of hydrogen-bond donors (Lipinski definition) is 2. The Balaban J connectivity index is 1.33. The molecular formula is C36H42N2O4S. The van der Waals surface area contributed by atoms with Crippen molar-refractivity contribution in [1.29, 1.82) is 0 Å². The predicted molar refractivity (Wildman–Crippen MR) is 175 cm³/mol. The van der Waals surface area contributed by atoms with Gasteiger partial charge in [-0.1, -0.05) is 89.8 Å². The minimum Gasteiger partial charge on any atom is -0.494 e. The molecule has 4 rings (SSSR count). The maximum Gasteiger partial charge on any atom is 0.326 e. The largest absolute Gasteiger partial charge is 0.494 e. The first kappa shape index (κ1) is 32.0. The number of thiazole rings is 1. The first-order valence-electron chi connectivity index (χ1n) is 15.1. The minimum absolute atomic E-state index is 0.0291. The van der Waals surface area contributed by atoms with Gasteiger partial charge in [-0.25, -0.2) is 9.78 Å². The summed E-state index contributed by atoms with van der Waals surface area (Å²) in [4.78, 5) is 29.6. The standard InChI is InChI=1S/C36H42N2O4S/c1-5-6-7-8-9-22-42-30-20-16-26(17-21-30)32-24-43-34(38-32)28-12-10-25(11-13-28)23-31(35(40)41)37-33(39)27-14-18-29(19-15-27)36(2,3)4/h10-21,24,31H,5-9,22-23H2,1-4H3,(H,37,39)(H,40,41). The van der Waals surface area contributed by atoms with Gasteiger partial charge in [0.05, 0.1) is 12.3 Å². The van der Waals surface area contributed by atoms with E-state index in [1.54, 1.807) is 23.5 Å². The smallest absolute Gasteiger partial charge is 0.326 e. The summed E-state index contributed by atoms with van der Waals surface area (Å²) < 4.78 is 5.89. The number of carbonyl (C=O) groups is 2. The molecule has 0 saturated carbocycles. The van der Waals surface area contributed by atoms with Crippen LogP contribution in [0, 0.1) is 0 Å². The van der Waals surface area contributed by atoms with E-state index in [4.69, 9.17) is 9.72 Å². The van der Waals surface area contributed by atoms with Crippen LogP contribution >= 0.6 is 11.3 Å². The molecule has 3 aromatic carbocycles. The van der Waals surface area contributed by atoms with E-state index in [0.29, 0.717) is 5.56 Å². The molecule has 1 unspecified atom stereocenters. The third kappa shape index (κ3) is 9.26. The first-order chi connectivity index (χ1) is 20.6. The van der Waals surface area contributed by atoms with Crippen molar-refractivity contribution in [2.75, 3.05) is 6.61 Å². The van der Waals surface area contributed by atoms with Crippen LogP contribution in [0.1, 0.15) is 81.3 Å². The van der Waals surface area contributed by atoms with E-state index >= 15 is 0 Å². The second-order valence-electron chi connectivity index (χ2n) is 11.9. The van der Waals surface area contributed by atoms with Crippen LogP contribution in [0.3, 0.4) is 0 Å². The summed E-state index contributed by atoms with van der Waals surface area (Å²) in [6, 6.07) is 22.0. The summed E-state index contributed by atoms with van der Waals surface area (Å²) in [5.74, 6) is -0.599. The van der Waals surface area contributed by atoms with Crippen molar-refractivity contribution in [2.45, 2.75) is 77.7 Å². The Hall–Kier alpha value is -3.97. The zero-order valence-corrected chi connectivity index (χ0v) is 26.4. The summed E-state index contributed by atoms with van der Waals surface area (Å²) in [7, 11) is 0. The molecule has 6 nitrogen and oxygen atoms in total. The SMILES string of the molecule is CCCCCCCOc1ccc(-c2csc(-c3ccc(CC(NC(=O)c4ccc(C(C)(C)C)cc4)C(=O)O)cc3)n2)cc1. The lowest BCUT2D eigenvalue weighted by Gasteiger charge is -2.19. The molecule has 43 heavy (non-hydrogen) atoms. The summed E-state index contributed by atoms with van der Waals surface area (Å²) in [6.45, 7) is 9.27. The lowest BCUT2D eigenvalue weighted by atomic mass is 9.86. The van der Waals surface area contributed by atoms with E-state index in [1.807, 2.05) is 66.0 Å². The average molecular weight is 599 g/mol.